The summed E-state index contributed by atoms with van der Waals surface area (Å²) in [5.74, 6) is 0.901. The Bertz CT molecular complexity index is 697. The molecule has 0 spiro atoms. The molecular weight excluding hydrogens is 362 g/mol. The highest BCUT2D eigenvalue weighted by Crippen LogP contribution is 2.11. The van der Waals surface area contributed by atoms with Gasteiger partial charge in [0.05, 0.1) is 25.1 Å². The summed E-state index contributed by atoms with van der Waals surface area (Å²) in [6, 6.07) is 4.03. The third-order valence-electron chi connectivity index (χ3n) is 4.71. The largest absolute Gasteiger partial charge is 0.379 e. The number of allylic oxidation sites excluding steroid dienone is 1. The normalized spacial score (nSPS) is 15.3. The first kappa shape index (κ1) is 21.7. The van der Waals surface area contributed by atoms with Crippen molar-refractivity contribution in [2.75, 3.05) is 44.7 Å². The number of fused-ring (bicyclic) bond motifs is 1. The molecule has 0 aromatic carbocycles. The van der Waals surface area contributed by atoms with E-state index in [4.69, 9.17) is 9.84 Å². The highest BCUT2D eigenvalue weighted by Gasteiger charge is 2.09. The van der Waals surface area contributed by atoms with Crippen LogP contribution in [0.1, 0.15) is 44.7 Å². The van der Waals surface area contributed by atoms with Crippen LogP contribution in [0.25, 0.3) is 11.7 Å². The van der Waals surface area contributed by atoms with Crippen molar-refractivity contribution in [2.45, 2.75) is 39.0 Å². The lowest BCUT2D eigenvalue weighted by atomic mass is 10.2. The maximum absolute atomic E-state index is 5.39. The van der Waals surface area contributed by atoms with Gasteiger partial charge in [0.1, 0.15) is 5.82 Å². The molecule has 27 heavy (non-hydrogen) atoms. The van der Waals surface area contributed by atoms with Crippen molar-refractivity contribution in [2.24, 2.45) is 0 Å². The summed E-state index contributed by atoms with van der Waals surface area (Å²) in [4.78, 5) is 6.89. The Morgan fingerprint density at radius 2 is 2.04 bits per heavy atom. The van der Waals surface area contributed by atoms with Crippen LogP contribution in [0.3, 0.4) is 0 Å². The van der Waals surface area contributed by atoms with E-state index >= 15 is 0 Å². The molecule has 0 bridgehead atoms. The molecule has 1 N–H and O–H groups in total. The Balaban J connectivity index is 0.00000261. The van der Waals surface area contributed by atoms with Crippen LogP contribution < -0.4 is 5.32 Å². The van der Waals surface area contributed by atoms with Gasteiger partial charge in [-0.3, -0.25) is 4.90 Å². The lowest BCUT2D eigenvalue weighted by Gasteiger charge is -2.26. The number of imidazole rings is 1. The van der Waals surface area contributed by atoms with E-state index in [0.29, 0.717) is 0 Å². The second-order valence-electron chi connectivity index (χ2n) is 6.80. The maximum Gasteiger partial charge on any atom is 0.154 e. The van der Waals surface area contributed by atoms with E-state index in [2.05, 4.69) is 34.3 Å². The maximum atomic E-state index is 5.39. The standard InChI is InChI=1S/C20H31N5O.ClH/c1-2-3-4-5-6-8-18-17-22-20-10-9-19(23-25(18)20)21-11-7-12-24-13-15-26-16-14-24;/h6,8-10,17H,2-5,7,11-16H2,1H3,(H,21,23);1H/b8-6+;. The Morgan fingerprint density at radius 1 is 1.19 bits per heavy atom. The molecular formula is C20H32ClN5O. The van der Waals surface area contributed by atoms with Gasteiger partial charge < -0.3 is 10.1 Å². The van der Waals surface area contributed by atoms with Gasteiger partial charge in [-0.05, 0) is 44.0 Å². The number of aromatic nitrogens is 3. The Labute approximate surface area is 168 Å². The van der Waals surface area contributed by atoms with E-state index in [9.17, 15) is 0 Å². The first-order valence-corrected chi connectivity index (χ1v) is 9.92. The van der Waals surface area contributed by atoms with Crippen LogP contribution in [0, 0.1) is 0 Å². The number of nitrogens with one attached hydrogen (secondary N) is 1. The molecule has 0 atom stereocenters. The number of hydrogen-bond donors (Lipinski definition) is 1. The van der Waals surface area contributed by atoms with Gasteiger partial charge in [-0.1, -0.05) is 25.8 Å². The number of hydrogen-bond acceptors (Lipinski definition) is 5. The third kappa shape index (κ3) is 6.79. The topological polar surface area (TPSA) is 54.7 Å². The minimum absolute atomic E-state index is 0. The summed E-state index contributed by atoms with van der Waals surface area (Å²) < 4.78 is 7.30. The second-order valence-corrected chi connectivity index (χ2v) is 6.80. The van der Waals surface area contributed by atoms with Crippen LogP contribution >= 0.6 is 12.4 Å². The molecule has 0 amide bonds. The average Bonchev–Trinajstić information content (AvgIpc) is 3.08. The first-order chi connectivity index (χ1) is 12.9. The summed E-state index contributed by atoms with van der Waals surface area (Å²) in [6.07, 6.45) is 12.2. The summed E-state index contributed by atoms with van der Waals surface area (Å²) in [7, 11) is 0. The summed E-state index contributed by atoms with van der Waals surface area (Å²) >= 11 is 0. The van der Waals surface area contributed by atoms with Gasteiger partial charge >= 0.3 is 0 Å². The van der Waals surface area contributed by atoms with Crippen LogP contribution in [0.5, 0.6) is 0 Å². The van der Waals surface area contributed by atoms with Crippen LogP contribution in [0.4, 0.5) is 5.82 Å². The molecule has 3 rings (SSSR count). The van der Waals surface area contributed by atoms with E-state index in [0.717, 1.165) is 69.4 Å². The molecule has 0 unspecified atom stereocenters. The predicted molar refractivity (Wildman–Crippen MR) is 114 cm³/mol. The van der Waals surface area contributed by atoms with Gasteiger partial charge in [0.15, 0.2) is 5.65 Å². The number of ether oxygens (including phenoxy) is 1. The molecule has 0 saturated carbocycles. The number of rotatable bonds is 10. The van der Waals surface area contributed by atoms with Crippen molar-refractivity contribution in [1.82, 2.24) is 19.5 Å². The number of morpholine rings is 1. The molecule has 6 nitrogen and oxygen atoms in total. The lowest BCUT2D eigenvalue weighted by molar-refractivity contribution is 0.0378. The lowest BCUT2D eigenvalue weighted by Crippen LogP contribution is -2.37. The van der Waals surface area contributed by atoms with E-state index in [-0.39, 0.29) is 12.4 Å². The monoisotopic (exact) mass is 393 g/mol. The average molecular weight is 394 g/mol. The third-order valence-corrected chi connectivity index (χ3v) is 4.71. The molecule has 2 aromatic rings. The Kier molecular flexibility index (Phi) is 9.59. The SMILES string of the molecule is CCCCC/C=C/c1cnc2ccc(NCCCN3CCOCC3)nn12.Cl. The van der Waals surface area contributed by atoms with E-state index < -0.39 is 0 Å². The van der Waals surface area contributed by atoms with Crippen molar-refractivity contribution in [3.8, 4) is 0 Å². The van der Waals surface area contributed by atoms with Gasteiger partial charge in [-0.15, -0.1) is 17.5 Å². The van der Waals surface area contributed by atoms with Gasteiger partial charge in [0.2, 0.25) is 0 Å². The quantitative estimate of drug-likeness (QED) is 0.621. The zero-order chi connectivity index (χ0) is 18.0. The van der Waals surface area contributed by atoms with E-state index in [1.165, 1.54) is 19.3 Å². The number of halogens is 1. The number of unbranched alkanes of at least 4 members (excludes halogenated alkanes) is 3. The highest BCUT2D eigenvalue weighted by molar-refractivity contribution is 5.85. The summed E-state index contributed by atoms with van der Waals surface area (Å²) in [5.41, 5.74) is 1.92. The molecule has 1 saturated heterocycles. The smallest absolute Gasteiger partial charge is 0.154 e. The van der Waals surface area contributed by atoms with Crippen LogP contribution in [0.2, 0.25) is 0 Å². The molecule has 150 valence electrons. The van der Waals surface area contributed by atoms with Crippen molar-refractivity contribution in [3.63, 3.8) is 0 Å². The van der Waals surface area contributed by atoms with Crippen LogP contribution in [-0.4, -0.2) is 58.9 Å². The number of nitrogens with zero attached hydrogens (tertiary/aromatic N) is 4. The van der Waals surface area contributed by atoms with Gasteiger partial charge in [-0.25, -0.2) is 9.50 Å². The number of anilines is 1. The van der Waals surface area contributed by atoms with E-state index in [1.54, 1.807) is 0 Å². The predicted octanol–water partition coefficient (Wildman–Crippen LogP) is 3.88. The van der Waals surface area contributed by atoms with Crippen LogP contribution in [-0.2, 0) is 4.74 Å². The highest BCUT2D eigenvalue weighted by atomic mass is 35.5. The zero-order valence-corrected chi connectivity index (χ0v) is 17.1. The zero-order valence-electron chi connectivity index (χ0n) is 16.3. The first-order valence-electron chi connectivity index (χ1n) is 9.92. The van der Waals surface area contributed by atoms with E-state index in [1.807, 2.05) is 22.8 Å². The van der Waals surface area contributed by atoms with Gasteiger partial charge in [-0.2, -0.15) is 0 Å². The Hall–Kier alpha value is -1.63. The fourth-order valence-electron chi connectivity index (χ4n) is 3.16. The summed E-state index contributed by atoms with van der Waals surface area (Å²) in [5, 5.41) is 8.13. The van der Waals surface area contributed by atoms with Crippen molar-refractivity contribution < 1.29 is 4.74 Å². The van der Waals surface area contributed by atoms with Crippen molar-refractivity contribution in [1.29, 1.82) is 0 Å². The fourth-order valence-corrected chi connectivity index (χ4v) is 3.16. The molecule has 1 aliphatic heterocycles. The Morgan fingerprint density at radius 3 is 2.85 bits per heavy atom. The molecule has 0 radical (unpaired) electrons. The fraction of sp³-hybridized carbons (Fsp3) is 0.600. The summed E-state index contributed by atoms with van der Waals surface area (Å²) in [6.45, 7) is 8.08. The van der Waals surface area contributed by atoms with Crippen LogP contribution in [0.15, 0.2) is 24.4 Å². The van der Waals surface area contributed by atoms with Crippen molar-refractivity contribution >= 4 is 29.9 Å². The van der Waals surface area contributed by atoms with Gasteiger partial charge in [0, 0.05) is 19.6 Å². The molecule has 1 fully saturated rings. The molecule has 7 heteroatoms. The van der Waals surface area contributed by atoms with Gasteiger partial charge in [0.25, 0.3) is 0 Å². The minimum Gasteiger partial charge on any atom is -0.379 e. The second kappa shape index (κ2) is 12.0. The molecule has 0 aliphatic carbocycles. The molecule has 2 aromatic heterocycles. The van der Waals surface area contributed by atoms with Crippen molar-refractivity contribution in [3.05, 3.63) is 30.1 Å². The molecule has 3 heterocycles. The minimum atomic E-state index is 0. The molecule has 1 aliphatic rings.